The van der Waals surface area contributed by atoms with Gasteiger partial charge in [-0.2, -0.15) is 0 Å². The minimum atomic E-state index is -1.12. The number of hydrogen-bond donors (Lipinski definition) is 2. The zero-order chi connectivity index (χ0) is 12.6. The van der Waals surface area contributed by atoms with Crippen LogP contribution in [0.2, 0.25) is 0 Å². The maximum Gasteiger partial charge on any atom is 0.325 e. The number of halogens is 2. The van der Waals surface area contributed by atoms with Gasteiger partial charge in [0.25, 0.3) is 5.56 Å². The lowest BCUT2D eigenvalue weighted by Gasteiger charge is -2.05. The molecule has 0 aliphatic carbocycles. The minimum Gasteiger partial charge on any atom is -0.311 e. The smallest absolute Gasteiger partial charge is 0.311 e. The average Bonchev–Trinajstić information content (AvgIpc) is 2.23. The molecule has 0 atom stereocenters. The highest BCUT2D eigenvalue weighted by molar-refractivity contribution is 5.65. The van der Waals surface area contributed by atoms with Crippen LogP contribution in [0.3, 0.4) is 0 Å². The Balaban J connectivity index is 2.82. The molecule has 2 aromatic rings. The summed E-state index contributed by atoms with van der Waals surface area (Å²) in [7, 11) is 0. The molecule has 0 radical (unpaired) electrons. The molecule has 0 saturated carbocycles. The van der Waals surface area contributed by atoms with Gasteiger partial charge in [-0.05, 0) is 13.0 Å². The molecule has 0 saturated heterocycles. The van der Waals surface area contributed by atoms with Gasteiger partial charge >= 0.3 is 5.69 Å². The van der Waals surface area contributed by atoms with E-state index in [1.54, 1.807) is 0 Å². The van der Waals surface area contributed by atoms with Crippen molar-refractivity contribution in [2.24, 2.45) is 0 Å². The van der Waals surface area contributed by atoms with Crippen molar-refractivity contribution in [3.05, 3.63) is 56.4 Å². The fourth-order valence-electron chi connectivity index (χ4n) is 1.62. The van der Waals surface area contributed by atoms with Crippen LogP contribution in [0, 0.1) is 18.6 Å². The maximum atomic E-state index is 13.5. The Bertz CT molecular complexity index is 689. The third-order valence-corrected chi connectivity index (χ3v) is 2.35. The molecule has 88 valence electrons. The number of benzene rings is 1. The first-order valence-electron chi connectivity index (χ1n) is 4.78. The van der Waals surface area contributed by atoms with Crippen LogP contribution in [0.15, 0.2) is 27.8 Å². The SMILES string of the molecule is Cc1[nH]c(=O)[nH]c(=O)c1-c1cccc(F)c1F. The van der Waals surface area contributed by atoms with Crippen molar-refractivity contribution in [2.75, 3.05) is 0 Å². The van der Waals surface area contributed by atoms with Gasteiger partial charge in [0, 0.05) is 11.3 Å². The summed E-state index contributed by atoms with van der Waals surface area (Å²) >= 11 is 0. The lowest BCUT2D eigenvalue weighted by molar-refractivity contribution is 0.511. The third kappa shape index (κ3) is 1.89. The van der Waals surface area contributed by atoms with Crippen molar-refractivity contribution >= 4 is 0 Å². The quantitative estimate of drug-likeness (QED) is 0.786. The Morgan fingerprint density at radius 1 is 1.12 bits per heavy atom. The summed E-state index contributed by atoms with van der Waals surface area (Å²) in [5.41, 5.74) is -1.52. The highest BCUT2D eigenvalue weighted by atomic mass is 19.2. The van der Waals surface area contributed by atoms with Crippen LogP contribution in [0.25, 0.3) is 11.1 Å². The molecule has 1 aromatic heterocycles. The highest BCUT2D eigenvalue weighted by Crippen LogP contribution is 2.22. The van der Waals surface area contributed by atoms with E-state index in [1.807, 2.05) is 4.98 Å². The predicted molar refractivity (Wildman–Crippen MR) is 57.8 cm³/mol. The molecule has 4 nitrogen and oxygen atoms in total. The van der Waals surface area contributed by atoms with Gasteiger partial charge in [-0.25, -0.2) is 13.6 Å². The lowest BCUT2D eigenvalue weighted by atomic mass is 10.1. The van der Waals surface area contributed by atoms with Gasteiger partial charge in [-0.3, -0.25) is 9.78 Å². The Labute approximate surface area is 93.9 Å². The standard InChI is InChI=1S/C11H8F2N2O2/c1-5-8(10(16)15-11(17)14-5)6-3-2-4-7(12)9(6)13/h2-4H,1H3,(H2,14,15,16,17). The molecule has 1 aromatic carbocycles. The first-order valence-corrected chi connectivity index (χ1v) is 4.78. The normalized spacial score (nSPS) is 10.5. The third-order valence-electron chi connectivity index (χ3n) is 2.35. The number of nitrogens with one attached hydrogen (secondary N) is 2. The summed E-state index contributed by atoms with van der Waals surface area (Å²) in [4.78, 5) is 26.8. The molecule has 2 N–H and O–H groups in total. The van der Waals surface area contributed by atoms with Crippen LogP contribution < -0.4 is 11.2 Å². The Morgan fingerprint density at radius 3 is 2.47 bits per heavy atom. The number of aromatic nitrogens is 2. The summed E-state index contributed by atoms with van der Waals surface area (Å²) in [5.74, 6) is -2.17. The van der Waals surface area contributed by atoms with Crippen molar-refractivity contribution in [1.82, 2.24) is 9.97 Å². The molecule has 0 aliphatic heterocycles. The van der Waals surface area contributed by atoms with E-state index in [9.17, 15) is 18.4 Å². The first-order chi connectivity index (χ1) is 8.00. The molecule has 0 fully saturated rings. The van der Waals surface area contributed by atoms with Crippen LogP contribution >= 0.6 is 0 Å². The van der Waals surface area contributed by atoms with Gasteiger partial charge in [0.2, 0.25) is 0 Å². The van der Waals surface area contributed by atoms with Gasteiger partial charge in [-0.15, -0.1) is 0 Å². The predicted octanol–water partition coefficient (Wildman–Crippen LogP) is 1.32. The Kier molecular flexibility index (Phi) is 2.63. The van der Waals surface area contributed by atoms with Crippen molar-refractivity contribution in [3.8, 4) is 11.1 Å². The fourth-order valence-corrected chi connectivity index (χ4v) is 1.62. The molecule has 1 heterocycles. The molecule has 0 amide bonds. The van der Waals surface area contributed by atoms with E-state index in [2.05, 4.69) is 4.98 Å². The average molecular weight is 238 g/mol. The Hall–Kier alpha value is -2.24. The molecule has 6 heteroatoms. The van der Waals surface area contributed by atoms with Crippen LogP contribution in [-0.2, 0) is 0 Å². The highest BCUT2D eigenvalue weighted by Gasteiger charge is 2.15. The Morgan fingerprint density at radius 2 is 1.82 bits per heavy atom. The van der Waals surface area contributed by atoms with Gasteiger partial charge in [0.05, 0.1) is 5.56 Å². The molecule has 0 spiro atoms. The topological polar surface area (TPSA) is 65.7 Å². The largest absolute Gasteiger partial charge is 0.325 e. The molecule has 2 rings (SSSR count). The second kappa shape index (κ2) is 3.97. The zero-order valence-electron chi connectivity index (χ0n) is 8.80. The molecule has 0 bridgehead atoms. The fraction of sp³-hybridized carbons (Fsp3) is 0.0909. The van der Waals surface area contributed by atoms with Crippen molar-refractivity contribution in [3.63, 3.8) is 0 Å². The van der Waals surface area contributed by atoms with Crippen LogP contribution in [0.5, 0.6) is 0 Å². The lowest BCUT2D eigenvalue weighted by Crippen LogP contribution is -2.25. The summed E-state index contributed by atoms with van der Waals surface area (Å²) in [5, 5.41) is 0. The first kappa shape index (κ1) is 11.3. The molecule has 0 aliphatic rings. The van der Waals surface area contributed by atoms with Crippen molar-refractivity contribution in [2.45, 2.75) is 6.92 Å². The summed E-state index contributed by atoms with van der Waals surface area (Å²) in [6.45, 7) is 1.44. The van der Waals surface area contributed by atoms with E-state index in [0.717, 1.165) is 6.07 Å². The number of H-pyrrole nitrogens is 2. The van der Waals surface area contributed by atoms with Gasteiger partial charge < -0.3 is 4.98 Å². The molecule has 0 unspecified atom stereocenters. The van der Waals surface area contributed by atoms with Crippen molar-refractivity contribution < 1.29 is 8.78 Å². The maximum absolute atomic E-state index is 13.5. The second-order valence-corrected chi connectivity index (χ2v) is 3.51. The number of hydrogen-bond acceptors (Lipinski definition) is 2. The molecule has 17 heavy (non-hydrogen) atoms. The van der Waals surface area contributed by atoms with E-state index in [1.165, 1.54) is 19.1 Å². The zero-order valence-corrected chi connectivity index (χ0v) is 8.80. The van der Waals surface area contributed by atoms with E-state index in [4.69, 9.17) is 0 Å². The van der Waals surface area contributed by atoms with E-state index in [0.29, 0.717) is 0 Å². The van der Waals surface area contributed by atoms with Crippen LogP contribution in [-0.4, -0.2) is 9.97 Å². The molecular formula is C11H8F2N2O2. The summed E-state index contributed by atoms with van der Waals surface area (Å²) < 4.78 is 26.6. The molecular weight excluding hydrogens is 230 g/mol. The summed E-state index contributed by atoms with van der Waals surface area (Å²) in [6.07, 6.45) is 0. The van der Waals surface area contributed by atoms with Crippen LogP contribution in [0.1, 0.15) is 5.69 Å². The number of aryl methyl sites for hydroxylation is 1. The number of aromatic amines is 2. The van der Waals surface area contributed by atoms with Gasteiger partial charge in [0.15, 0.2) is 11.6 Å². The van der Waals surface area contributed by atoms with Gasteiger partial charge in [0.1, 0.15) is 0 Å². The van der Waals surface area contributed by atoms with E-state index in [-0.39, 0.29) is 16.8 Å². The van der Waals surface area contributed by atoms with Crippen LogP contribution in [0.4, 0.5) is 8.78 Å². The van der Waals surface area contributed by atoms with Gasteiger partial charge in [-0.1, -0.05) is 12.1 Å². The second-order valence-electron chi connectivity index (χ2n) is 3.51. The monoisotopic (exact) mass is 238 g/mol. The van der Waals surface area contributed by atoms with Crippen molar-refractivity contribution in [1.29, 1.82) is 0 Å². The van der Waals surface area contributed by atoms with E-state index >= 15 is 0 Å². The van der Waals surface area contributed by atoms with E-state index < -0.39 is 22.9 Å². The summed E-state index contributed by atoms with van der Waals surface area (Å²) in [6, 6.07) is 3.51. The number of rotatable bonds is 1. The minimum absolute atomic E-state index is 0.0819.